The number of carbonyl (C=O) groups excluding carboxylic acids is 2. The molecule has 6 nitrogen and oxygen atoms in total. The lowest BCUT2D eigenvalue weighted by Gasteiger charge is -2.44. The van der Waals surface area contributed by atoms with Crippen molar-refractivity contribution in [3.05, 3.63) is 81.9 Å². The highest BCUT2D eigenvalue weighted by Gasteiger charge is 2.41. The molecule has 0 saturated heterocycles. The summed E-state index contributed by atoms with van der Waals surface area (Å²) in [6.07, 6.45) is 5.14. The third kappa shape index (κ3) is 5.92. The summed E-state index contributed by atoms with van der Waals surface area (Å²) >= 11 is 12.1. The molecule has 0 radical (unpaired) electrons. The summed E-state index contributed by atoms with van der Waals surface area (Å²) in [5.41, 5.74) is 6.72. The van der Waals surface area contributed by atoms with Gasteiger partial charge < -0.3 is 16.2 Å². The maximum atomic E-state index is 13.3. The Labute approximate surface area is 202 Å². The van der Waals surface area contributed by atoms with Crippen LogP contribution in [-0.2, 0) is 16.1 Å². The lowest BCUT2D eigenvalue weighted by molar-refractivity contribution is -0.136. The number of ketones is 1. The second-order valence-electron chi connectivity index (χ2n) is 8.08. The van der Waals surface area contributed by atoms with Crippen molar-refractivity contribution in [1.82, 2.24) is 10.2 Å². The highest BCUT2D eigenvalue weighted by molar-refractivity contribution is 6.44. The number of rotatable bonds is 7. The van der Waals surface area contributed by atoms with Gasteiger partial charge in [-0.1, -0.05) is 48.0 Å². The van der Waals surface area contributed by atoms with Crippen LogP contribution in [0.2, 0.25) is 0 Å². The van der Waals surface area contributed by atoms with Gasteiger partial charge in [-0.3, -0.25) is 14.5 Å². The van der Waals surface area contributed by atoms with Crippen LogP contribution in [0.15, 0.2) is 70.5 Å². The first-order chi connectivity index (χ1) is 15.7. The van der Waals surface area contributed by atoms with Gasteiger partial charge in [-0.2, -0.15) is 0 Å². The number of amides is 1. The van der Waals surface area contributed by atoms with E-state index in [0.717, 1.165) is 11.8 Å². The number of fused-ring (bicyclic) bond motifs is 1. The molecule has 176 valence electrons. The predicted octanol–water partition coefficient (Wildman–Crippen LogP) is 3.46. The number of carbonyl (C=O) groups is 2. The minimum Gasteiger partial charge on any atom is -0.403 e. The minimum absolute atomic E-state index is 0.0104. The number of nitrogens with zero attached hydrogens (tertiary/aromatic N) is 1. The molecule has 0 spiro atoms. The molecule has 0 aromatic heterocycles. The third-order valence-corrected chi connectivity index (χ3v) is 6.67. The summed E-state index contributed by atoms with van der Waals surface area (Å²) in [6, 6.07) is 6.25. The van der Waals surface area contributed by atoms with Gasteiger partial charge in [-0.25, -0.2) is 4.39 Å². The fourth-order valence-electron chi connectivity index (χ4n) is 4.39. The van der Waals surface area contributed by atoms with Crippen molar-refractivity contribution in [3.8, 4) is 0 Å². The average molecular weight is 494 g/mol. The number of aliphatic hydroxyl groups is 1. The molecule has 3 atom stereocenters. The SMILES string of the molecule is C=C/C(Cl)=C(NC(=O)C(=O)C1=CCN(Cc2ccc(F)cc2)C2CCC(O)CC12)\C(Cl)=C/N. The summed E-state index contributed by atoms with van der Waals surface area (Å²) < 4.78 is 13.3. The van der Waals surface area contributed by atoms with E-state index in [-0.39, 0.29) is 33.5 Å². The van der Waals surface area contributed by atoms with Gasteiger partial charge in [-0.05, 0) is 43.0 Å². The fraction of sp³-hybridized carbons (Fsp3) is 0.333. The Morgan fingerprint density at radius 1 is 1.27 bits per heavy atom. The molecule has 3 rings (SSSR count). The van der Waals surface area contributed by atoms with E-state index in [0.29, 0.717) is 37.9 Å². The van der Waals surface area contributed by atoms with Gasteiger partial charge in [0.2, 0.25) is 5.78 Å². The quantitative estimate of drug-likeness (QED) is 0.399. The van der Waals surface area contributed by atoms with Gasteiger partial charge in [0.15, 0.2) is 0 Å². The molecule has 1 aromatic rings. The number of hydrogen-bond acceptors (Lipinski definition) is 5. The first kappa shape index (κ1) is 25.2. The van der Waals surface area contributed by atoms with E-state index < -0.39 is 17.8 Å². The highest BCUT2D eigenvalue weighted by Crippen LogP contribution is 2.38. The van der Waals surface area contributed by atoms with Crippen LogP contribution in [0.4, 0.5) is 4.39 Å². The Morgan fingerprint density at radius 2 is 1.97 bits per heavy atom. The van der Waals surface area contributed by atoms with Gasteiger partial charge in [-0.15, -0.1) is 0 Å². The zero-order chi connectivity index (χ0) is 24.1. The van der Waals surface area contributed by atoms with Crippen molar-refractivity contribution in [1.29, 1.82) is 0 Å². The molecule has 1 aliphatic carbocycles. The molecule has 33 heavy (non-hydrogen) atoms. The van der Waals surface area contributed by atoms with Gasteiger partial charge in [0, 0.05) is 36.8 Å². The standard InChI is InChI=1S/C24H26Cl2FN3O3/c1-2-19(25)22(20(26)12-28)29-24(33)23(32)17-9-10-30(13-14-3-5-15(27)6-4-14)21-8-7-16(31)11-18(17)21/h2-6,9,12,16,18,21,31H,1,7-8,10-11,13,28H2,(H,29,33)/b20-12+,22-19-. The molecule has 1 saturated carbocycles. The lowest BCUT2D eigenvalue weighted by atomic mass is 9.74. The fourth-order valence-corrected chi connectivity index (χ4v) is 4.74. The molecule has 2 aliphatic rings. The van der Waals surface area contributed by atoms with Gasteiger partial charge in [0.25, 0.3) is 5.91 Å². The van der Waals surface area contributed by atoms with Crippen molar-refractivity contribution in [2.75, 3.05) is 6.54 Å². The topological polar surface area (TPSA) is 95.7 Å². The number of hydrogen-bond donors (Lipinski definition) is 3. The summed E-state index contributed by atoms with van der Waals surface area (Å²) in [5.74, 6) is -2.23. The minimum atomic E-state index is -0.901. The predicted molar refractivity (Wildman–Crippen MR) is 126 cm³/mol. The van der Waals surface area contributed by atoms with Gasteiger partial charge in [0.05, 0.1) is 21.9 Å². The van der Waals surface area contributed by atoms with E-state index in [4.69, 9.17) is 28.9 Å². The van der Waals surface area contributed by atoms with E-state index in [1.807, 2.05) is 0 Å². The molecule has 0 bridgehead atoms. The number of nitrogens with one attached hydrogen (secondary N) is 1. The van der Waals surface area contributed by atoms with Gasteiger partial charge >= 0.3 is 0 Å². The van der Waals surface area contributed by atoms with Crippen LogP contribution in [0.3, 0.4) is 0 Å². The molecule has 1 aromatic carbocycles. The van der Waals surface area contributed by atoms with E-state index in [1.54, 1.807) is 18.2 Å². The number of allylic oxidation sites excluding steroid dienone is 3. The Bertz CT molecular complexity index is 1020. The van der Waals surface area contributed by atoms with E-state index in [9.17, 15) is 19.1 Å². The summed E-state index contributed by atoms with van der Waals surface area (Å²) in [4.78, 5) is 28.1. The summed E-state index contributed by atoms with van der Waals surface area (Å²) in [7, 11) is 0. The van der Waals surface area contributed by atoms with Crippen LogP contribution < -0.4 is 11.1 Å². The van der Waals surface area contributed by atoms with Gasteiger partial charge in [0.1, 0.15) is 5.82 Å². The molecule has 4 N–H and O–H groups in total. The highest BCUT2D eigenvalue weighted by atomic mass is 35.5. The number of aliphatic hydroxyl groups excluding tert-OH is 1. The Balaban J connectivity index is 1.83. The smallest absolute Gasteiger partial charge is 0.296 e. The van der Waals surface area contributed by atoms with Crippen molar-refractivity contribution >= 4 is 34.9 Å². The molecular formula is C24H26Cl2FN3O3. The second kappa shape index (κ2) is 11.1. The maximum absolute atomic E-state index is 13.3. The number of halogens is 3. The maximum Gasteiger partial charge on any atom is 0.296 e. The molecule has 1 fully saturated rings. The molecule has 1 aliphatic heterocycles. The monoisotopic (exact) mass is 493 g/mol. The molecule has 1 heterocycles. The zero-order valence-electron chi connectivity index (χ0n) is 17.9. The van der Waals surface area contributed by atoms with E-state index in [2.05, 4.69) is 16.8 Å². The van der Waals surface area contributed by atoms with E-state index >= 15 is 0 Å². The molecule has 9 heteroatoms. The van der Waals surface area contributed by atoms with Crippen LogP contribution >= 0.6 is 23.2 Å². The first-order valence-electron chi connectivity index (χ1n) is 10.6. The van der Waals surface area contributed by atoms with Crippen LogP contribution in [0, 0.1) is 11.7 Å². The van der Waals surface area contributed by atoms with Crippen LogP contribution in [0.1, 0.15) is 24.8 Å². The third-order valence-electron chi connectivity index (χ3n) is 6.01. The number of benzene rings is 1. The van der Waals surface area contributed by atoms with Crippen molar-refractivity contribution in [2.45, 2.75) is 38.0 Å². The number of nitrogens with two attached hydrogens (primary N) is 1. The van der Waals surface area contributed by atoms with Crippen molar-refractivity contribution in [2.24, 2.45) is 11.7 Å². The van der Waals surface area contributed by atoms with Crippen molar-refractivity contribution < 1.29 is 19.1 Å². The first-order valence-corrected chi connectivity index (χ1v) is 11.3. The largest absolute Gasteiger partial charge is 0.403 e. The average Bonchev–Trinajstić information content (AvgIpc) is 2.82. The normalized spacial score (nSPS) is 24.3. The Morgan fingerprint density at radius 3 is 2.61 bits per heavy atom. The molecular weight excluding hydrogens is 468 g/mol. The lowest BCUT2D eigenvalue weighted by Crippen LogP contribution is -2.50. The second-order valence-corrected chi connectivity index (χ2v) is 8.90. The van der Waals surface area contributed by atoms with E-state index in [1.165, 1.54) is 18.2 Å². The Hall–Kier alpha value is -2.45. The zero-order valence-corrected chi connectivity index (χ0v) is 19.5. The van der Waals surface area contributed by atoms with Crippen LogP contribution in [0.5, 0.6) is 0 Å². The number of Topliss-reactive ketones (excluding diaryl/α,β-unsaturated/α-hetero) is 1. The molecule has 3 unspecified atom stereocenters. The van der Waals surface area contributed by atoms with Crippen LogP contribution in [0.25, 0.3) is 0 Å². The summed E-state index contributed by atoms with van der Waals surface area (Å²) in [5, 5.41) is 12.7. The molecule has 1 amide bonds. The summed E-state index contributed by atoms with van der Waals surface area (Å²) in [6.45, 7) is 4.55. The van der Waals surface area contributed by atoms with Crippen LogP contribution in [-0.4, -0.2) is 40.4 Å². The Kier molecular flexibility index (Phi) is 8.48. The van der Waals surface area contributed by atoms with Crippen molar-refractivity contribution in [3.63, 3.8) is 0 Å².